The number of nitrogens with zero attached hydrogens (tertiary/aromatic N) is 6. The molecule has 76 heavy (non-hydrogen) atoms. The normalized spacial score (nSPS) is 22.7. The molecule has 2 N–H and O–H groups in total. The SMILES string of the molecule is CC1(C)OCC(COc2ccc3c(c2)-c2nc-3nc3[nH]c(nc4nc(nc5[nH]c(n2)c2ccc(OCC6COC(C)(C)O6)cc52)-c2ccc(OCC5COC(C)(C)O5)cc2-4)c2ccc(OCC4COC(C)(C)O4)cc32)O1. The summed E-state index contributed by atoms with van der Waals surface area (Å²) < 4.78 is 72.9. The predicted molar refractivity (Wildman–Crippen MR) is 278 cm³/mol. The highest BCUT2D eigenvalue weighted by atomic mass is 16.8. The lowest BCUT2D eigenvalue weighted by Crippen LogP contribution is -2.25. The molecule has 8 bridgehead atoms. The van der Waals surface area contributed by atoms with Gasteiger partial charge >= 0.3 is 0 Å². The minimum atomic E-state index is -0.687. The van der Waals surface area contributed by atoms with Gasteiger partial charge in [-0.25, -0.2) is 29.9 Å². The van der Waals surface area contributed by atoms with Gasteiger partial charge < -0.3 is 66.8 Å². The highest BCUT2D eigenvalue weighted by molar-refractivity contribution is 6.07. The van der Waals surface area contributed by atoms with E-state index in [2.05, 4.69) is 9.97 Å². The van der Waals surface area contributed by atoms with E-state index in [4.69, 9.17) is 86.7 Å². The Hall–Kier alpha value is -6.88. The van der Waals surface area contributed by atoms with Crippen molar-refractivity contribution in [3.63, 3.8) is 0 Å². The average Bonchev–Trinajstić information content (AvgIpc) is 4.29. The van der Waals surface area contributed by atoms with Gasteiger partial charge in [0.1, 0.15) is 96.4 Å². The van der Waals surface area contributed by atoms with E-state index in [9.17, 15) is 0 Å². The van der Waals surface area contributed by atoms with Crippen molar-refractivity contribution in [1.29, 1.82) is 0 Å². The monoisotopic (exact) mass is 1030 g/mol. The molecule has 6 aliphatic rings. The Morgan fingerprint density at radius 2 is 0.658 bits per heavy atom. The summed E-state index contributed by atoms with van der Waals surface area (Å²) in [5, 5.41) is 3.01. The van der Waals surface area contributed by atoms with E-state index in [1.54, 1.807) is 0 Å². The van der Waals surface area contributed by atoms with Crippen LogP contribution in [0.3, 0.4) is 0 Å². The third-order valence-corrected chi connectivity index (χ3v) is 13.7. The lowest BCUT2D eigenvalue weighted by Gasteiger charge is -2.17. The van der Waals surface area contributed by atoms with E-state index in [-0.39, 0.29) is 50.8 Å². The van der Waals surface area contributed by atoms with Crippen LogP contribution >= 0.6 is 0 Å². The molecule has 7 aromatic rings. The summed E-state index contributed by atoms with van der Waals surface area (Å²) in [5.74, 6) is 1.32. The van der Waals surface area contributed by atoms with Gasteiger partial charge in [0.05, 0.1) is 26.4 Å². The number of fused-ring (bicyclic) bond motifs is 20. The van der Waals surface area contributed by atoms with Gasteiger partial charge in [0.25, 0.3) is 0 Å². The van der Waals surface area contributed by atoms with E-state index in [1.807, 2.05) is 128 Å². The van der Waals surface area contributed by atoms with Crippen molar-refractivity contribution < 1.29 is 56.8 Å². The summed E-state index contributed by atoms with van der Waals surface area (Å²) in [6, 6.07) is 23.1. The molecule has 4 unspecified atom stereocenters. The molecule has 4 fully saturated rings. The Morgan fingerprint density at radius 1 is 0.368 bits per heavy atom. The second kappa shape index (κ2) is 18.4. The fourth-order valence-corrected chi connectivity index (χ4v) is 10.2. The van der Waals surface area contributed by atoms with Crippen LogP contribution in [-0.4, -0.2) is 140 Å². The molecule has 4 atom stereocenters. The molecule has 3 aromatic heterocycles. The standard InChI is InChI=1S/C56H58N8O12/c1-53(2)69-25-33(73-53)21-65-29-9-13-37-41(17-29)49-57-45(37)62-50-43-19-31(67-23-35-27-71-55(5,6)75-35)11-15-39(43)47(59-50)64-52-44-20-32(68-24-36-28-72-56(7,8)76-36)12-16-40(44)48(60-52)63-51-42-18-30(10-14-38(42)46(58-51)61-49)66-22-34-26-70-54(3,4)74-34/h9-20,33-36H,21-28H2,1-8H3,(H2,57,58,59,60,61,62,63,64). The fraction of sp³-hybridized carbons (Fsp3) is 0.429. The molecule has 4 aromatic carbocycles. The largest absolute Gasteiger partial charge is 0.491 e. The van der Waals surface area contributed by atoms with Crippen LogP contribution in [0.2, 0.25) is 0 Å². The summed E-state index contributed by atoms with van der Waals surface area (Å²) in [7, 11) is 0. The van der Waals surface area contributed by atoms with Crippen LogP contribution in [0.1, 0.15) is 55.4 Å². The van der Waals surface area contributed by atoms with Crippen LogP contribution in [0, 0.1) is 0 Å². The zero-order valence-corrected chi connectivity index (χ0v) is 43.5. The van der Waals surface area contributed by atoms with Crippen LogP contribution < -0.4 is 18.9 Å². The number of aromatic nitrogens is 8. The summed E-state index contributed by atoms with van der Waals surface area (Å²) >= 11 is 0. The topological polar surface area (TPSA) is 220 Å². The number of benzene rings is 4. The molecule has 0 spiro atoms. The van der Waals surface area contributed by atoms with Crippen molar-refractivity contribution >= 4 is 44.1 Å². The number of aromatic amines is 2. The van der Waals surface area contributed by atoms with E-state index >= 15 is 0 Å². The highest BCUT2D eigenvalue weighted by Crippen LogP contribution is 2.41. The molecule has 0 saturated carbocycles. The lowest BCUT2D eigenvalue weighted by atomic mass is 10.1. The molecule has 6 aliphatic heterocycles. The van der Waals surface area contributed by atoms with Crippen LogP contribution in [0.25, 0.3) is 89.7 Å². The molecule has 0 radical (unpaired) electrons. The maximum Gasteiger partial charge on any atom is 0.164 e. The van der Waals surface area contributed by atoms with Crippen LogP contribution in [0.4, 0.5) is 0 Å². The zero-order chi connectivity index (χ0) is 52.1. The summed E-state index contributed by atoms with van der Waals surface area (Å²) in [6.45, 7) is 18.0. The average molecular weight is 1040 g/mol. The Balaban J connectivity index is 0.979. The van der Waals surface area contributed by atoms with Gasteiger partial charge in [0.2, 0.25) is 0 Å². The van der Waals surface area contributed by atoms with Gasteiger partial charge in [-0.15, -0.1) is 0 Å². The van der Waals surface area contributed by atoms with Crippen molar-refractivity contribution in [2.24, 2.45) is 0 Å². The molecular formula is C56H58N8O12. The number of H-pyrrole nitrogens is 2. The number of hydrogen-bond acceptors (Lipinski definition) is 18. The molecule has 20 nitrogen and oxygen atoms in total. The molecule has 13 rings (SSSR count). The second-order valence-corrected chi connectivity index (χ2v) is 21.5. The Morgan fingerprint density at radius 3 is 0.974 bits per heavy atom. The molecule has 9 heterocycles. The summed E-state index contributed by atoms with van der Waals surface area (Å²) in [5.41, 5.74) is 4.89. The first-order chi connectivity index (χ1) is 36.4. The Bertz CT molecular complexity index is 3380. The number of rotatable bonds is 12. The highest BCUT2D eigenvalue weighted by Gasteiger charge is 2.36. The van der Waals surface area contributed by atoms with Gasteiger partial charge in [-0.3, -0.25) is 0 Å². The first-order valence-corrected chi connectivity index (χ1v) is 25.6. The quantitative estimate of drug-likeness (QED) is 0.117. The van der Waals surface area contributed by atoms with Crippen molar-refractivity contribution in [3.05, 3.63) is 72.8 Å². The van der Waals surface area contributed by atoms with Crippen molar-refractivity contribution in [1.82, 2.24) is 39.9 Å². The van der Waals surface area contributed by atoms with Gasteiger partial charge in [-0.1, -0.05) is 0 Å². The van der Waals surface area contributed by atoms with E-state index in [0.29, 0.717) is 106 Å². The van der Waals surface area contributed by atoms with Gasteiger partial charge in [0.15, 0.2) is 46.4 Å². The van der Waals surface area contributed by atoms with Crippen LogP contribution in [-0.2, 0) is 37.9 Å². The van der Waals surface area contributed by atoms with Crippen molar-refractivity contribution in [3.8, 4) is 68.5 Å². The van der Waals surface area contributed by atoms with Gasteiger partial charge in [0, 0.05) is 43.8 Å². The van der Waals surface area contributed by atoms with Gasteiger partial charge in [-0.05, 0) is 128 Å². The minimum absolute atomic E-state index is 0.240. The zero-order valence-electron chi connectivity index (χ0n) is 43.5. The third kappa shape index (κ3) is 9.79. The number of nitrogens with one attached hydrogen (secondary N) is 2. The Labute approximate surface area is 436 Å². The van der Waals surface area contributed by atoms with Gasteiger partial charge in [-0.2, -0.15) is 0 Å². The third-order valence-electron chi connectivity index (χ3n) is 13.7. The van der Waals surface area contributed by atoms with E-state index in [0.717, 1.165) is 32.7 Å². The predicted octanol–water partition coefficient (Wildman–Crippen LogP) is 8.99. The second-order valence-electron chi connectivity index (χ2n) is 21.5. The maximum atomic E-state index is 6.35. The molecule has 20 heteroatoms. The summed E-state index contributed by atoms with van der Waals surface area (Å²) in [4.78, 5) is 38.5. The molecule has 394 valence electrons. The first-order valence-electron chi connectivity index (χ1n) is 25.6. The first kappa shape index (κ1) is 48.7. The molecular weight excluding hydrogens is 977 g/mol. The van der Waals surface area contributed by atoms with Crippen LogP contribution in [0.15, 0.2) is 72.8 Å². The van der Waals surface area contributed by atoms with Crippen molar-refractivity contribution in [2.45, 2.75) is 103 Å². The Kier molecular flexibility index (Phi) is 11.8. The number of ether oxygens (including phenoxy) is 12. The fourth-order valence-electron chi connectivity index (χ4n) is 10.2. The molecule has 4 saturated heterocycles. The molecule has 0 amide bonds. The summed E-state index contributed by atoms with van der Waals surface area (Å²) in [6.07, 6.45) is -0.964. The van der Waals surface area contributed by atoms with Crippen LogP contribution in [0.5, 0.6) is 23.0 Å². The molecule has 0 aliphatic carbocycles. The smallest absolute Gasteiger partial charge is 0.164 e. The number of hydrogen-bond donors (Lipinski definition) is 2. The van der Waals surface area contributed by atoms with E-state index < -0.39 is 23.1 Å². The van der Waals surface area contributed by atoms with Crippen molar-refractivity contribution in [2.75, 3.05) is 52.9 Å². The van der Waals surface area contributed by atoms with E-state index in [1.165, 1.54) is 0 Å². The maximum absolute atomic E-state index is 6.35. The lowest BCUT2D eigenvalue weighted by molar-refractivity contribution is -0.141. The minimum Gasteiger partial charge on any atom is -0.491 e.